The van der Waals surface area contributed by atoms with Crippen molar-refractivity contribution in [2.45, 2.75) is 213 Å². The monoisotopic (exact) mass is 687 g/mol. The Hall–Kier alpha value is -1.36. The van der Waals surface area contributed by atoms with Gasteiger partial charge in [0.05, 0.1) is 12.5 Å². The highest BCUT2D eigenvalue weighted by Crippen LogP contribution is 2.32. The lowest BCUT2D eigenvalue weighted by atomic mass is 9.94. The van der Waals surface area contributed by atoms with Gasteiger partial charge >= 0.3 is 5.97 Å². The lowest BCUT2D eigenvalue weighted by Crippen LogP contribution is -2.39. The van der Waals surface area contributed by atoms with Gasteiger partial charge in [0.2, 0.25) is 5.91 Å². The Kier molecular flexibility index (Phi) is 27.1. The maximum atomic E-state index is 13.4. The molecule has 49 heavy (non-hydrogen) atoms. The third-order valence-corrected chi connectivity index (χ3v) is 11.4. The molecule has 0 aromatic rings. The first-order valence-electron chi connectivity index (χ1n) is 21.9. The Bertz CT molecular complexity index is 821. The van der Waals surface area contributed by atoms with E-state index < -0.39 is 0 Å². The van der Waals surface area contributed by atoms with Crippen molar-refractivity contribution in [3.8, 4) is 0 Å². The van der Waals surface area contributed by atoms with Crippen LogP contribution in [0.2, 0.25) is 0 Å². The van der Waals surface area contributed by atoms with Gasteiger partial charge in [-0.15, -0.1) is 0 Å². The zero-order chi connectivity index (χ0) is 35.2. The van der Waals surface area contributed by atoms with Crippen molar-refractivity contribution in [3.63, 3.8) is 0 Å². The highest BCUT2D eigenvalue weighted by Gasteiger charge is 2.43. The molecule has 2 fully saturated rings. The minimum atomic E-state index is -0.277. The topological polar surface area (TPSA) is 49.9 Å². The van der Waals surface area contributed by atoms with Crippen LogP contribution < -0.4 is 0 Å². The predicted molar refractivity (Wildman–Crippen MR) is 210 cm³/mol. The lowest BCUT2D eigenvalue weighted by molar-refractivity contribution is -0.151. The van der Waals surface area contributed by atoms with Gasteiger partial charge in [-0.3, -0.25) is 9.59 Å². The van der Waals surface area contributed by atoms with Crippen LogP contribution in [-0.4, -0.2) is 61.0 Å². The van der Waals surface area contributed by atoms with E-state index in [4.69, 9.17) is 4.74 Å². The molecule has 2 rings (SSSR count). The molecule has 0 N–H and O–H groups in total. The summed E-state index contributed by atoms with van der Waals surface area (Å²) in [4.78, 5) is 31.1. The van der Waals surface area contributed by atoms with Crippen LogP contribution in [0.5, 0.6) is 0 Å². The number of rotatable bonds is 32. The fraction of sp³-hybridized carbons (Fsp3) is 0.909. The van der Waals surface area contributed by atoms with Gasteiger partial charge in [0.1, 0.15) is 0 Å². The summed E-state index contributed by atoms with van der Waals surface area (Å²) in [5.74, 6) is 0.252. The number of hydrogen-bond donors (Lipinski definition) is 0. The Morgan fingerprint density at radius 3 is 1.61 bits per heavy atom. The maximum Gasteiger partial charge on any atom is 0.311 e. The average molecular weight is 687 g/mol. The molecule has 0 aromatic heterocycles. The summed E-state index contributed by atoms with van der Waals surface area (Å²) in [5.41, 5.74) is 0. The van der Waals surface area contributed by atoms with E-state index in [1.165, 1.54) is 154 Å². The van der Waals surface area contributed by atoms with Gasteiger partial charge in [0, 0.05) is 19.0 Å². The van der Waals surface area contributed by atoms with Gasteiger partial charge in [-0.2, -0.15) is 0 Å². The lowest BCUT2D eigenvalue weighted by Gasteiger charge is -2.30. The summed E-state index contributed by atoms with van der Waals surface area (Å²) < 4.78 is 5.93. The van der Waals surface area contributed by atoms with Crippen LogP contribution in [0, 0.1) is 11.8 Å². The van der Waals surface area contributed by atoms with Gasteiger partial charge in [-0.05, 0) is 77.4 Å². The largest absolute Gasteiger partial charge is 0.465 e. The quantitative estimate of drug-likeness (QED) is 0.0401. The zero-order valence-electron chi connectivity index (χ0n) is 33.0. The molecular formula is C44H82N2O3. The van der Waals surface area contributed by atoms with E-state index in [2.05, 4.69) is 42.8 Å². The maximum absolute atomic E-state index is 13.4. The first kappa shape index (κ1) is 43.8. The van der Waals surface area contributed by atoms with Crippen molar-refractivity contribution in [3.05, 3.63) is 12.2 Å². The Morgan fingerprint density at radius 1 is 0.653 bits per heavy atom. The van der Waals surface area contributed by atoms with Crippen molar-refractivity contribution < 1.29 is 14.3 Å². The summed E-state index contributed by atoms with van der Waals surface area (Å²) in [5, 5.41) is 0. The molecule has 2 saturated heterocycles. The Labute approximate surface area is 305 Å². The second-order valence-electron chi connectivity index (χ2n) is 16.0. The number of piperidine rings is 1. The molecule has 0 saturated carbocycles. The molecule has 1 amide bonds. The molecule has 0 radical (unpaired) electrons. The molecule has 0 aromatic carbocycles. The Morgan fingerprint density at radius 2 is 1.10 bits per heavy atom. The van der Waals surface area contributed by atoms with Crippen LogP contribution in [0.3, 0.4) is 0 Å². The van der Waals surface area contributed by atoms with Crippen LogP contribution in [0.25, 0.3) is 0 Å². The standard InChI is InChI=1S/C44H82N2O3/c1-4-6-8-10-12-14-16-18-19-20-21-23-25-27-29-31-35-46-42(32-30-28-26-24-22-17-15-13-11-9-7-5-2)41(38-43(46)47)44(48)49-39-40-33-36-45(3)37-34-40/h18-19,40-42H,4-17,20-39H2,1-3H3/b19-18-/t41-,42+/m0/s1. The van der Waals surface area contributed by atoms with E-state index >= 15 is 0 Å². The fourth-order valence-electron chi connectivity index (χ4n) is 7.99. The Balaban J connectivity index is 1.66. The smallest absolute Gasteiger partial charge is 0.311 e. The summed E-state index contributed by atoms with van der Waals surface area (Å²) in [6, 6.07) is 0.0312. The van der Waals surface area contributed by atoms with Gasteiger partial charge in [0.25, 0.3) is 0 Å². The van der Waals surface area contributed by atoms with E-state index in [1.807, 2.05) is 0 Å². The van der Waals surface area contributed by atoms with Gasteiger partial charge < -0.3 is 14.5 Å². The third-order valence-electron chi connectivity index (χ3n) is 11.4. The van der Waals surface area contributed by atoms with E-state index in [-0.39, 0.29) is 23.8 Å². The molecule has 2 aliphatic rings. The van der Waals surface area contributed by atoms with Crippen LogP contribution in [0.1, 0.15) is 206 Å². The van der Waals surface area contributed by atoms with Crippen LogP contribution >= 0.6 is 0 Å². The SMILES string of the molecule is CCCCCCCC/C=C\CCCCCCCCN1C(=O)C[C@H](C(=O)OCC2CCN(C)CC2)[C@H]1CCCCCCCCCCCCCC. The number of hydrogen-bond acceptors (Lipinski definition) is 4. The van der Waals surface area contributed by atoms with E-state index in [0.717, 1.165) is 51.7 Å². The van der Waals surface area contributed by atoms with E-state index in [1.54, 1.807) is 0 Å². The van der Waals surface area contributed by atoms with E-state index in [9.17, 15) is 9.59 Å². The number of carbonyl (C=O) groups is 2. The normalized spacial score (nSPS) is 19.1. The van der Waals surface area contributed by atoms with Crippen LogP contribution in [0.4, 0.5) is 0 Å². The zero-order valence-corrected chi connectivity index (χ0v) is 33.0. The molecule has 0 unspecified atom stereocenters. The summed E-state index contributed by atoms with van der Waals surface area (Å²) in [7, 11) is 2.16. The number of amides is 1. The van der Waals surface area contributed by atoms with Crippen molar-refractivity contribution in [1.82, 2.24) is 9.80 Å². The molecule has 0 spiro atoms. The highest BCUT2D eigenvalue weighted by molar-refractivity contribution is 5.87. The molecule has 2 aliphatic heterocycles. The predicted octanol–water partition coefficient (Wildman–Crippen LogP) is 12.2. The molecular weight excluding hydrogens is 604 g/mol. The minimum Gasteiger partial charge on any atom is -0.465 e. The molecule has 2 heterocycles. The van der Waals surface area contributed by atoms with E-state index in [0.29, 0.717) is 18.9 Å². The first-order chi connectivity index (χ1) is 24.1. The molecule has 0 bridgehead atoms. The van der Waals surface area contributed by atoms with Crippen molar-refractivity contribution >= 4 is 11.9 Å². The van der Waals surface area contributed by atoms with Gasteiger partial charge in [-0.1, -0.05) is 161 Å². The number of ether oxygens (including phenoxy) is 1. The highest BCUT2D eigenvalue weighted by atomic mass is 16.5. The average Bonchev–Trinajstić information content (AvgIpc) is 3.42. The number of likely N-dealkylation sites (tertiary alicyclic amines) is 2. The fourth-order valence-corrected chi connectivity index (χ4v) is 7.99. The van der Waals surface area contributed by atoms with Gasteiger partial charge in [-0.25, -0.2) is 0 Å². The second-order valence-corrected chi connectivity index (χ2v) is 16.0. The van der Waals surface area contributed by atoms with Crippen LogP contribution in [-0.2, 0) is 14.3 Å². The first-order valence-corrected chi connectivity index (χ1v) is 21.9. The van der Waals surface area contributed by atoms with Crippen LogP contribution in [0.15, 0.2) is 12.2 Å². The number of allylic oxidation sites excluding steroid dienone is 2. The molecule has 5 heteroatoms. The molecule has 286 valence electrons. The van der Waals surface area contributed by atoms with Crippen molar-refractivity contribution in [1.29, 1.82) is 0 Å². The van der Waals surface area contributed by atoms with Crippen molar-refractivity contribution in [2.24, 2.45) is 11.8 Å². The number of carbonyl (C=O) groups excluding carboxylic acids is 2. The summed E-state index contributed by atoms with van der Waals surface area (Å²) >= 11 is 0. The molecule has 0 aliphatic carbocycles. The van der Waals surface area contributed by atoms with Gasteiger partial charge in [0.15, 0.2) is 0 Å². The van der Waals surface area contributed by atoms with Crippen molar-refractivity contribution in [2.75, 3.05) is 33.3 Å². The minimum absolute atomic E-state index is 0.0312. The second kappa shape index (κ2) is 30.3. The summed E-state index contributed by atoms with van der Waals surface area (Å²) in [6.45, 7) is 8.06. The number of esters is 1. The number of nitrogens with zero attached hydrogens (tertiary/aromatic N) is 2. The number of unbranched alkanes of at least 4 members (excludes halogenated alkanes) is 23. The molecule has 2 atom stereocenters. The third kappa shape index (κ3) is 21.6. The molecule has 5 nitrogen and oxygen atoms in total. The summed E-state index contributed by atoms with van der Waals surface area (Å²) in [6.07, 6.45) is 42.3.